The fourth-order valence-electron chi connectivity index (χ4n) is 3.57. The molecule has 7 nitrogen and oxygen atoms in total. The van der Waals surface area contributed by atoms with Gasteiger partial charge in [-0.25, -0.2) is 4.79 Å². The standard InChI is InChI=1S/C18H24N2O5S/c1-18(2,7-3-4-8-19)14-12(17(23)24)20-15(22)11(16(20)25-14)13(21)10-6-5-9-26-10/h5-6,9,11,13,16,21H,3-4,7-8,19H2,1-2H3,(H,23,24)/t11-,13-,16+/m0/s1. The van der Waals surface area contributed by atoms with Crippen molar-refractivity contribution >= 4 is 23.2 Å². The van der Waals surface area contributed by atoms with Crippen LogP contribution in [0.5, 0.6) is 0 Å². The van der Waals surface area contributed by atoms with Gasteiger partial charge in [0.1, 0.15) is 17.8 Å². The van der Waals surface area contributed by atoms with Crippen molar-refractivity contribution in [1.29, 1.82) is 0 Å². The number of fused-ring (bicyclic) bond motifs is 1. The van der Waals surface area contributed by atoms with Gasteiger partial charge in [0, 0.05) is 10.3 Å². The van der Waals surface area contributed by atoms with E-state index in [9.17, 15) is 19.8 Å². The summed E-state index contributed by atoms with van der Waals surface area (Å²) in [5, 5.41) is 22.0. The van der Waals surface area contributed by atoms with Crippen molar-refractivity contribution in [2.75, 3.05) is 6.54 Å². The van der Waals surface area contributed by atoms with Gasteiger partial charge in [0.25, 0.3) is 0 Å². The Morgan fingerprint density at radius 1 is 1.46 bits per heavy atom. The second kappa shape index (κ2) is 7.02. The topological polar surface area (TPSA) is 113 Å². The third kappa shape index (κ3) is 3.02. The van der Waals surface area contributed by atoms with Crippen LogP contribution in [-0.4, -0.2) is 39.8 Å². The van der Waals surface area contributed by atoms with Crippen molar-refractivity contribution in [3.63, 3.8) is 0 Å². The lowest BCUT2D eigenvalue weighted by atomic mass is 9.84. The number of thiophene rings is 1. The first-order chi connectivity index (χ1) is 12.3. The number of aliphatic carboxylic acids is 1. The molecular formula is C18H24N2O5S. The highest BCUT2D eigenvalue weighted by molar-refractivity contribution is 7.10. The van der Waals surface area contributed by atoms with Gasteiger partial charge in [-0.15, -0.1) is 11.3 Å². The van der Waals surface area contributed by atoms with Crippen LogP contribution in [0.3, 0.4) is 0 Å². The molecular weight excluding hydrogens is 356 g/mol. The number of allylic oxidation sites excluding steroid dienone is 1. The number of hydrogen-bond donors (Lipinski definition) is 3. The number of carboxylic acid groups (broad SMARTS) is 1. The third-order valence-electron chi connectivity index (χ3n) is 5.03. The molecule has 0 aromatic carbocycles. The van der Waals surface area contributed by atoms with Crippen molar-refractivity contribution in [1.82, 2.24) is 4.90 Å². The summed E-state index contributed by atoms with van der Waals surface area (Å²) in [4.78, 5) is 26.3. The van der Waals surface area contributed by atoms with E-state index in [1.807, 2.05) is 19.2 Å². The smallest absolute Gasteiger partial charge is 0.356 e. The minimum Gasteiger partial charge on any atom is -0.476 e. The number of aliphatic hydroxyl groups excluding tert-OH is 1. The third-order valence-corrected chi connectivity index (χ3v) is 5.97. The highest BCUT2D eigenvalue weighted by Gasteiger charge is 2.61. The molecule has 3 heterocycles. The Labute approximate surface area is 156 Å². The average molecular weight is 380 g/mol. The Morgan fingerprint density at radius 2 is 2.19 bits per heavy atom. The van der Waals surface area contributed by atoms with E-state index in [4.69, 9.17) is 10.5 Å². The molecule has 1 amide bonds. The van der Waals surface area contributed by atoms with Crippen LogP contribution in [-0.2, 0) is 14.3 Å². The summed E-state index contributed by atoms with van der Waals surface area (Å²) >= 11 is 1.35. The van der Waals surface area contributed by atoms with E-state index in [-0.39, 0.29) is 5.70 Å². The van der Waals surface area contributed by atoms with E-state index < -0.39 is 35.5 Å². The molecule has 3 atom stereocenters. The monoisotopic (exact) mass is 380 g/mol. The molecule has 4 N–H and O–H groups in total. The quantitative estimate of drug-likeness (QED) is 0.470. The highest BCUT2D eigenvalue weighted by Crippen LogP contribution is 2.50. The molecule has 1 aromatic heterocycles. The molecule has 26 heavy (non-hydrogen) atoms. The fourth-order valence-corrected chi connectivity index (χ4v) is 4.33. The molecule has 1 fully saturated rings. The van der Waals surface area contributed by atoms with Crippen LogP contribution in [0.4, 0.5) is 0 Å². The van der Waals surface area contributed by atoms with Crippen molar-refractivity contribution in [3.05, 3.63) is 33.8 Å². The van der Waals surface area contributed by atoms with E-state index in [1.165, 1.54) is 16.2 Å². The van der Waals surface area contributed by atoms with Gasteiger partial charge in [0.2, 0.25) is 5.91 Å². The zero-order valence-electron chi connectivity index (χ0n) is 14.8. The number of aliphatic hydroxyl groups is 1. The zero-order valence-corrected chi connectivity index (χ0v) is 15.7. The Morgan fingerprint density at radius 3 is 2.77 bits per heavy atom. The lowest BCUT2D eigenvalue weighted by Crippen LogP contribution is -2.60. The average Bonchev–Trinajstić information content (AvgIpc) is 3.21. The summed E-state index contributed by atoms with van der Waals surface area (Å²) in [6.07, 6.45) is 0.602. The summed E-state index contributed by atoms with van der Waals surface area (Å²) in [5.74, 6) is -2.09. The maximum atomic E-state index is 12.6. The Hall–Kier alpha value is -1.90. The normalized spacial score (nSPS) is 23.5. The SMILES string of the molecule is CC(C)(CCCCN)C1=C(C(=O)O)N2C(=O)[C@H]([C@@H](O)c3cccs3)[C@H]2O1. The number of carbonyl (C=O) groups excluding carboxylic acids is 1. The number of amides is 1. The van der Waals surface area contributed by atoms with Gasteiger partial charge in [-0.1, -0.05) is 26.3 Å². The Balaban J connectivity index is 1.84. The molecule has 0 unspecified atom stereocenters. The first-order valence-electron chi connectivity index (χ1n) is 8.69. The van der Waals surface area contributed by atoms with Gasteiger partial charge in [0.05, 0.1) is 0 Å². The Kier molecular flexibility index (Phi) is 5.09. The van der Waals surface area contributed by atoms with Gasteiger partial charge >= 0.3 is 5.97 Å². The first-order valence-corrected chi connectivity index (χ1v) is 9.57. The van der Waals surface area contributed by atoms with Crippen molar-refractivity contribution in [2.45, 2.75) is 45.4 Å². The highest BCUT2D eigenvalue weighted by atomic mass is 32.1. The maximum Gasteiger partial charge on any atom is 0.356 e. The van der Waals surface area contributed by atoms with Crippen molar-refractivity contribution in [2.24, 2.45) is 17.1 Å². The summed E-state index contributed by atoms with van der Waals surface area (Å²) in [5.41, 5.74) is 4.89. The zero-order chi connectivity index (χ0) is 19.1. The van der Waals surface area contributed by atoms with Crippen LogP contribution in [0.15, 0.2) is 29.0 Å². The van der Waals surface area contributed by atoms with Crippen molar-refractivity contribution < 1.29 is 24.5 Å². The predicted molar refractivity (Wildman–Crippen MR) is 95.8 cm³/mol. The van der Waals surface area contributed by atoms with Gasteiger partial charge in [-0.05, 0) is 30.8 Å². The van der Waals surface area contributed by atoms with E-state index in [0.717, 1.165) is 12.8 Å². The lowest BCUT2D eigenvalue weighted by molar-refractivity contribution is -0.185. The number of nitrogens with zero attached hydrogens (tertiary/aromatic N) is 1. The molecule has 2 aliphatic rings. The van der Waals surface area contributed by atoms with Gasteiger partial charge in [-0.3, -0.25) is 9.69 Å². The molecule has 1 saturated heterocycles. The maximum absolute atomic E-state index is 12.6. The van der Waals surface area contributed by atoms with E-state index >= 15 is 0 Å². The second-order valence-electron chi connectivity index (χ2n) is 7.32. The van der Waals surface area contributed by atoms with Crippen LogP contribution >= 0.6 is 11.3 Å². The van der Waals surface area contributed by atoms with Crippen LogP contribution in [0.2, 0.25) is 0 Å². The first kappa shape index (κ1) is 18.9. The number of hydrogen-bond acceptors (Lipinski definition) is 6. The van der Waals surface area contributed by atoms with Crippen LogP contribution < -0.4 is 5.73 Å². The molecule has 2 aliphatic heterocycles. The number of carbonyl (C=O) groups is 2. The summed E-state index contributed by atoms with van der Waals surface area (Å²) in [7, 11) is 0. The number of nitrogens with two attached hydrogens (primary N) is 1. The lowest BCUT2D eigenvalue weighted by Gasteiger charge is -2.43. The van der Waals surface area contributed by atoms with E-state index in [2.05, 4.69) is 0 Å². The van der Waals surface area contributed by atoms with Crippen LogP contribution in [0.1, 0.15) is 44.1 Å². The van der Waals surface area contributed by atoms with E-state index in [0.29, 0.717) is 23.6 Å². The van der Waals surface area contributed by atoms with Crippen LogP contribution in [0, 0.1) is 11.3 Å². The molecule has 0 saturated carbocycles. The van der Waals surface area contributed by atoms with E-state index in [1.54, 1.807) is 12.1 Å². The summed E-state index contributed by atoms with van der Waals surface area (Å²) in [6, 6.07) is 3.55. The number of unbranched alkanes of at least 4 members (excludes halogenated alkanes) is 1. The van der Waals surface area contributed by atoms with Gasteiger partial charge in [0.15, 0.2) is 11.9 Å². The second-order valence-corrected chi connectivity index (χ2v) is 8.29. The molecule has 0 radical (unpaired) electrons. The number of rotatable bonds is 8. The minimum atomic E-state index is -1.19. The fraction of sp³-hybridized carbons (Fsp3) is 0.556. The number of carboxylic acids is 1. The summed E-state index contributed by atoms with van der Waals surface area (Å²) < 4.78 is 5.95. The number of ether oxygens (including phenoxy) is 1. The van der Waals surface area contributed by atoms with Gasteiger partial charge in [-0.2, -0.15) is 0 Å². The molecule has 0 aliphatic carbocycles. The van der Waals surface area contributed by atoms with Crippen LogP contribution in [0.25, 0.3) is 0 Å². The molecule has 1 aromatic rings. The Bertz CT molecular complexity index is 728. The molecule has 8 heteroatoms. The molecule has 142 valence electrons. The molecule has 3 rings (SSSR count). The number of β-lactam (4-membered cyclic amide) rings is 1. The minimum absolute atomic E-state index is 0.104. The largest absolute Gasteiger partial charge is 0.476 e. The predicted octanol–water partition coefficient (Wildman–Crippen LogP) is 2.05. The van der Waals surface area contributed by atoms with Gasteiger partial charge < -0.3 is 20.7 Å². The van der Waals surface area contributed by atoms with Crippen molar-refractivity contribution in [3.8, 4) is 0 Å². The molecule has 0 bridgehead atoms. The molecule has 0 spiro atoms. The summed E-state index contributed by atoms with van der Waals surface area (Å²) in [6.45, 7) is 4.38.